The lowest BCUT2D eigenvalue weighted by Gasteiger charge is -2.52. The van der Waals surface area contributed by atoms with Crippen molar-refractivity contribution in [3.8, 4) is 11.1 Å². The fourth-order valence-corrected chi connectivity index (χ4v) is 15.0. The molecule has 0 spiro atoms. The second kappa shape index (κ2) is 38.2. The summed E-state index contributed by atoms with van der Waals surface area (Å²) < 4.78 is 72.7. The van der Waals surface area contributed by atoms with Crippen molar-refractivity contribution in [1.29, 1.82) is 0 Å². The summed E-state index contributed by atoms with van der Waals surface area (Å²) in [4.78, 5) is 110. The van der Waals surface area contributed by atoms with Crippen LogP contribution in [0.3, 0.4) is 0 Å². The number of ether oxygens (including phenoxy) is 10. The molecule has 6 unspecified atom stereocenters. The van der Waals surface area contributed by atoms with E-state index in [2.05, 4.69) is 82.8 Å². The first kappa shape index (κ1) is 84.4. The molecular formula is C82H116N4O19Si. The van der Waals surface area contributed by atoms with Gasteiger partial charge in [0.25, 0.3) is 0 Å². The average Bonchev–Trinajstić information content (AvgIpc) is 1.44. The predicted octanol–water partition coefficient (Wildman–Crippen LogP) is 12.0. The van der Waals surface area contributed by atoms with E-state index < -0.39 is 129 Å². The highest BCUT2D eigenvalue weighted by Gasteiger charge is 2.54. The molecule has 106 heavy (non-hydrogen) atoms. The van der Waals surface area contributed by atoms with E-state index in [4.69, 9.17) is 51.8 Å². The molecule has 3 aliphatic heterocycles. The molecule has 0 aromatic heterocycles. The van der Waals surface area contributed by atoms with Crippen molar-refractivity contribution >= 4 is 55.6 Å². The molecule has 3 fully saturated rings. The number of Topliss-reactive ketones (excluding diaryl/α,β-unsaturated/α-hetero) is 2. The molecule has 3 saturated heterocycles. The van der Waals surface area contributed by atoms with Gasteiger partial charge in [-0.2, -0.15) is 0 Å². The van der Waals surface area contributed by atoms with Crippen LogP contribution in [0.4, 0.5) is 4.79 Å². The number of fused-ring (bicyclic) bond motifs is 3. The lowest BCUT2D eigenvalue weighted by Crippen LogP contribution is -2.66. The van der Waals surface area contributed by atoms with Crippen molar-refractivity contribution in [1.82, 2.24) is 21.3 Å². The van der Waals surface area contributed by atoms with Gasteiger partial charge in [0.05, 0.1) is 50.8 Å². The summed E-state index contributed by atoms with van der Waals surface area (Å²) in [6.07, 6.45) is -8.58. The molecule has 4 aromatic rings. The molecular weight excluding hydrogens is 1370 g/mol. The Labute approximate surface area is 627 Å². The topological polar surface area (TPSA) is 286 Å². The molecule has 0 bridgehead atoms. The van der Waals surface area contributed by atoms with Crippen LogP contribution in [-0.2, 0) is 98.6 Å². The van der Waals surface area contributed by atoms with Crippen molar-refractivity contribution < 1.29 is 90.2 Å². The van der Waals surface area contributed by atoms with Crippen LogP contribution in [0.2, 0.25) is 18.1 Å². The number of amides is 4. The minimum absolute atomic E-state index is 0.0144. The van der Waals surface area contributed by atoms with Crippen molar-refractivity contribution in [2.75, 3.05) is 26.4 Å². The highest BCUT2D eigenvalue weighted by molar-refractivity contribution is 6.74. The lowest BCUT2D eigenvalue weighted by molar-refractivity contribution is -0.348. The third-order valence-electron chi connectivity index (χ3n) is 21.7. The molecule has 23 nitrogen and oxygen atoms in total. The quantitative estimate of drug-likeness (QED) is 0.0192. The first-order chi connectivity index (χ1) is 50.1. The van der Waals surface area contributed by atoms with Gasteiger partial charge in [0.15, 0.2) is 27.2 Å². The Balaban J connectivity index is 1.09. The Hall–Kier alpha value is -7.26. The molecule has 4 N–H and O–H groups in total. The Kier molecular flexibility index (Phi) is 30.4. The first-order valence-electron chi connectivity index (χ1n) is 37.6. The molecule has 0 saturated carbocycles. The van der Waals surface area contributed by atoms with Crippen LogP contribution >= 0.6 is 0 Å². The molecule has 4 amide bonds. The summed E-state index contributed by atoms with van der Waals surface area (Å²) >= 11 is 0. The van der Waals surface area contributed by atoms with Crippen LogP contribution in [0.15, 0.2) is 109 Å². The van der Waals surface area contributed by atoms with E-state index in [9.17, 15) is 28.8 Å². The molecule has 3 heterocycles. The van der Waals surface area contributed by atoms with Gasteiger partial charge in [-0.05, 0) is 123 Å². The number of hydrogen-bond donors (Lipinski definition) is 4. The number of carbonyl (C=O) groups is 8. The van der Waals surface area contributed by atoms with Crippen LogP contribution in [0.5, 0.6) is 0 Å². The van der Waals surface area contributed by atoms with Crippen LogP contribution in [-0.4, -0.2) is 161 Å². The maximum absolute atomic E-state index is 15.6. The Morgan fingerprint density at radius 2 is 0.915 bits per heavy atom. The summed E-state index contributed by atoms with van der Waals surface area (Å²) in [5.74, 6) is -5.63. The molecule has 1 aliphatic carbocycles. The molecule has 582 valence electrons. The van der Waals surface area contributed by atoms with Crippen molar-refractivity contribution in [3.05, 3.63) is 131 Å². The maximum Gasteiger partial charge on any atom is 0.407 e. The molecule has 4 aliphatic rings. The van der Waals surface area contributed by atoms with Gasteiger partial charge < -0.3 is 82.7 Å². The van der Waals surface area contributed by atoms with E-state index in [1.807, 2.05) is 123 Å². The average molecular weight is 1490 g/mol. The van der Waals surface area contributed by atoms with E-state index in [1.54, 1.807) is 20.8 Å². The number of esters is 2. The number of benzene rings is 4. The van der Waals surface area contributed by atoms with Crippen LogP contribution in [0.25, 0.3) is 11.1 Å². The number of rotatable bonds is 34. The van der Waals surface area contributed by atoms with E-state index in [1.165, 1.54) is 20.8 Å². The molecule has 18 atom stereocenters. The van der Waals surface area contributed by atoms with E-state index in [-0.39, 0.29) is 130 Å². The van der Waals surface area contributed by atoms with Crippen molar-refractivity contribution in [3.63, 3.8) is 0 Å². The maximum atomic E-state index is 15.6. The zero-order chi connectivity index (χ0) is 77.4. The minimum Gasteiger partial charge on any atom is -0.463 e. The van der Waals surface area contributed by atoms with E-state index in [0.717, 1.165) is 33.4 Å². The number of ketones is 2. The molecule has 4 aromatic carbocycles. The Bertz CT molecular complexity index is 3540. The van der Waals surface area contributed by atoms with Gasteiger partial charge in [-0.15, -0.1) is 0 Å². The first-order valence-corrected chi connectivity index (χ1v) is 40.6. The van der Waals surface area contributed by atoms with Gasteiger partial charge in [-0.25, -0.2) is 4.79 Å². The van der Waals surface area contributed by atoms with Gasteiger partial charge in [-0.3, -0.25) is 24.0 Å². The summed E-state index contributed by atoms with van der Waals surface area (Å²) in [5, 5.41) is 11.0. The van der Waals surface area contributed by atoms with Gasteiger partial charge in [0, 0.05) is 49.9 Å². The van der Waals surface area contributed by atoms with Gasteiger partial charge in [0.2, 0.25) is 17.7 Å². The normalized spacial score (nSPS) is 26.2. The number of alkyl carbamates (subject to hydrolysis) is 1. The smallest absolute Gasteiger partial charge is 0.407 e. The van der Waals surface area contributed by atoms with E-state index >= 15 is 9.59 Å². The van der Waals surface area contributed by atoms with Gasteiger partial charge >= 0.3 is 18.0 Å². The zero-order valence-corrected chi connectivity index (χ0v) is 66.1. The highest BCUT2D eigenvalue weighted by atomic mass is 28.4. The third-order valence-corrected chi connectivity index (χ3v) is 26.1. The standard InChI is InChI=1S/C82H116N4O19Si/c1-48(87)36-38-64(83-74(91)65(40-41-70(90)104-81(10,11)12)84-75(92)66(39-37-49(2)88)85-80(94)98-44-63-61-34-26-24-32-59(61)60-33-25-27-35-62(60)63)76(93)86-71-55(8)73(69(46-96-43-58-30-22-19-23-31-58)101-79(71)105-106(16,17)82(13,14)15)103-78-54(7)52(5)72(68(100-78)45-95-42-57-28-20-18-21-29-57)102-77-53(6)50(3)51(4)67(99-77)47-97-56(9)89/h18-35,50-55,63-69,71-73,77-79H,36-47H2,1-17H3,(H,83,91)(H,84,92)(H,85,94)(H,86,93)/t50-,51-,52+,53?,54?,55+,64-,65-,66-,67?,68?,69?,71?,72-,73-,77-,78-,79-/m0/s1. The van der Waals surface area contributed by atoms with Gasteiger partial charge in [-0.1, -0.05) is 172 Å². The van der Waals surface area contributed by atoms with Crippen LogP contribution in [0, 0.1) is 35.5 Å². The second-order valence-electron chi connectivity index (χ2n) is 32.0. The number of hydrogen-bond acceptors (Lipinski definition) is 19. The van der Waals surface area contributed by atoms with E-state index in [0.29, 0.717) is 0 Å². The monoisotopic (exact) mass is 1490 g/mol. The summed E-state index contributed by atoms with van der Waals surface area (Å²) in [7, 11) is -2.82. The Morgan fingerprint density at radius 1 is 0.472 bits per heavy atom. The molecule has 0 radical (unpaired) electrons. The summed E-state index contributed by atoms with van der Waals surface area (Å²) in [6.45, 7) is 32.6. The minimum atomic E-state index is -2.82. The summed E-state index contributed by atoms with van der Waals surface area (Å²) in [6, 6.07) is 29.7. The number of carbonyl (C=O) groups excluding carboxylic acids is 8. The molecule has 8 rings (SSSR count). The fourth-order valence-electron chi connectivity index (χ4n) is 13.8. The zero-order valence-electron chi connectivity index (χ0n) is 65.1. The Morgan fingerprint density at radius 3 is 1.41 bits per heavy atom. The van der Waals surface area contributed by atoms with Crippen molar-refractivity contribution in [2.45, 2.75) is 259 Å². The third kappa shape index (κ3) is 23.4. The van der Waals surface area contributed by atoms with Crippen LogP contribution in [0.1, 0.15) is 171 Å². The van der Waals surface area contributed by atoms with Gasteiger partial charge in [0.1, 0.15) is 60.7 Å². The van der Waals surface area contributed by atoms with Crippen molar-refractivity contribution in [2.24, 2.45) is 35.5 Å². The highest BCUT2D eigenvalue weighted by Crippen LogP contribution is 2.46. The summed E-state index contributed by atoms with van der Waals surface area (Å²) in [5.41, 5.74) is 4.93. The lowest BCUT2D eigenvalue weighted by atomic mass is 9.78. The largest absolute Gasteiger partial charge is 0.463 e. The fraction of sp³-hybridized carbons (Fsp3) is 0.610. The predicted molar refractivity (Wildman–Crippen MR) is 401 cm³/mol. The van der Waals surface area contributed by atoms with Crippen LogP contribution < -0.4 is 21.3 Å². The number of nitrogens with one attached hydrogen (secondary N) is 4. The molecule has 24 heteroatoms. The second-order valence-corrected chi connectivity index (χ2v) is 36.7. The SMILES string of the molecule is CC(=O)CC[C@H](NC(=O)OCC1c2ccccc2-c2ccccc21)C(=O)N[C@@H](CCC(=O)OC(C)(C)C)C(=O)N[C@@H](CCC(C)=O)C(=O)NC1[C@H](O[Si](C)(C)C(C)(C)C)OC(COCc2ccccc2)[C@@H](O[C@@H]2OC(COCc3ccccc3)[C@@H](O[C@@H]3OC(COC(C)=O)[C@@H](C)[C@H](C)C3C)[C@H](C)C2C)[C@@H]1C.